The number of hydrogen-bond donors (Lipinski definition) is 1. The van der Waals surface area contributed by atoms with E-state index < -0.39 is 0 Å². The highest BCUT2D eigenvalue weighted by molar-refractivity contribution is 5.79. The predicted molar refractivity (Wildman–Crippen MR) is 100 cm³/mol. The van der Waals surface area contributed by atoms with E-state index in [1.54, 1.807) is 0 Å². The summed E-state index contributed by atoms with van der Waals surface area (Å²) in [6, 6.07) is 8.22. The number of nitrogens with zero attached hydrogens (tertiary/aromatic N) is 5. The Labute approximate surface area is 144 Å². The van der Waals surface area contributed by atoms with Crippen molar-refractivity contribution in [3.63, 3.8) is 0 Å². The molecule has 0 unspecified atom stereocenters. The third kappa shape index (κ3) is 4.50. The molecule has 0 aliphatic rings. The van der Waals surface area contributed by atoms with E-state index >= 15 is 0 Å². The number of aliphatic imine (C=N–C) groups is 1. The second-order valence-electron chi connectivity index (χ2n) is 6.02. The van der Waals surface area contributed by atoms with E-state index in [4.69, 9.17) is 4.99 Å². The summed E-state index contributed by atoms with van der Waals surface area (Å²) in [5.74, 6) is 1.86. The Morgan fingerprint density at radius 2 is 2.04 bits per heavy atom. The summed E-state index contributed by atoms with van der Waals surface area (Å²) in [4.78, 5) is 13.4. The number of anilines is 1. The summed E-state index contributed by atoms with van der Waals surface area (Å²) in [6.45, 7) is 4.33. The highest BCUT2D eigenvalue weighted by atomic mass is 15.3. The maximum atomic E-state index is 4.79. The van der Waals surface area contributed by atoms with E-state index in [9.17, 15) is 0 Å². The third-order valence-electron chi connectivity index (χ3n) is 3.84. The predicted octanol–water partition coefficient (Wildman–Crippen LogP) is 2.08. The fraction of sp³-hybridized carbons (Fsp3) is 0.444. The molecule has 0 aliphatic heterocycles. The molecule has 2 aromatic heterocycles. The number of aromatic nitrogens is 2. The van der Waals surface area contributed by atoms with E-state index in [1.165, 1.54) is 5.69 Å². The summed E-state index contributed by atoms with van der Waals surface area (Å²) < 4.78 is 2.13. The Kier molecular flexibility index (Phi) is 6.23. The van der Waals surface area contributed by atoms with Gasteiger partial charge in [0.1, 0.15) is 5.82 Å². The van der Waals surface area contributed by atoms with Crippen LogP contribution in [-0.4, -0.2) is 48.1 Å². The van der Waals surface area contributed by atoms with Crippen LogP contribution in [0.15, 0.2) is 41.7 Å². The lowest BCUT2D eigenvalue weighted by atomic mass is 10.2. The number of hydrogen-bond acceptors (Lipinski definition) is 3. The van der Waals surface area contributed by atoms with Crippen LogP contribution in [0.5, 0.6) is 0 Å². The molecule has 2 heterocycles. The summed E-state index contributed by atoms with van der Waals surface area (Å²) in [5.41, 5.74) is 2.36. The van der Waals surface area contributed by atoms with Crippen molar-refractivity contribution in [3.8, 4) is 0 Å². The summed E-state index contributed by atoms with van der Waals surface area (Å²) in [7, 11) is 8.13. The van der Waals surface area contributed by atoms with Gasteiger partial charge in [-0.05, 0) is 25.1 Å². The molecule has 0 fully saturated rings. The molecule has 0 radical (unpaired) electrons. The fourth-order valence-corrected chi connectivity index (χ4v) is 2.56. The van der Waals surface area contributed by atoms with Gasteiger partial charge >= 0.3 is 0 Å². The van der Waals surface area contributed by atoms with Gasteiger partial charge in [0.05, 0.1) is 13.1 Å². The van der Waals surface area contributed by atoms with Gasteiger partial charge in [-0.15, -0.1) is 0 Å². The van der Waals surface area contributed by atoms with Crippen molar-refractivity contribution >= 4 is 11.8 Å². The Hall–Kier alpha value is -2.50. The van der Waals surface area contributed by atoms with Crippen LogP contribution in [0.3, 0.4) is 0 Å². The van der Waals surface area contributed by atoms with Crippen LogP contribution in [-0.2, 0) is 20.1 Å². The average molecular weight is 328 g/mol. The number of aryl methyl sites for hydroxylation is 1. The zero-order valence-electron chi connectivity index (χ0n) is 15.3. The topological polar surface area (TPSA) is 48.7 Å². The van der Waals surface area contributed by atoms with Crippen LogP contribution in [0.4, 0.5) is 5.82 Å². The normalized spacial score (nSPS) is 11.5. The van der Waals surface area contributed by atoms with Gasteiger partial charge < -0.3 is 19.7 Å². The number of pyridine rings is 1. The first kappa shape index (κ1) is 17.8. The molecular formula is C18H28N6. The van der Waals surface area contributed by atoms with E-state index in [0.717, 1.165) is 30.4 Å². The molecule has 2 rings (SSSR count). The lowest BCUT2D eigenvalue weighted by Gasteiger charge is -2.23. The Morgan fingerprint density at radius 3 is 2.67 bits per heavy atom. The molecule has 130 valence electrons. The quantitative estimate of drug-likeness (QED) is 0.651. The molecule has 0 spiro atoms. The smallest absolute Gasteiger partial charge is 0.194 e. The van der Waals surface area contributed by atoms with Crippen LogP contribution in [0.25, 0.3) is 0 Å². The minimum Gasteiger partial charge on any atom is -0.362 e. The van der Waals surface area contributed by atoms with Gasteiger partial charge in [-0.1, -0.05) is 6.07 Å². The minimum atomic E-state index is 0.598. The van der Waals surface area contributed by atoms with Crippen molar-refractivity contribution in [3.05, 3.63) is 47.9 Å². The standard InChI is InChI=1S/C18H28N6/c1-6-19-18(24(5)14-16-10-8-12-23(16)4)21-13-15-9-7-11-20-17(15)22(2)3/h7-12H,6,13-14H2,1-5H3,(H,19,21). The minimum absolute atomic E-state index is 0.598. The zero-order chi connectivity index (χ0) is 17.5. The summed E-state index contributed by atoms with van der Waals surface area (Å²) in [5, 5.41) is 3.37. The Balaban J connectivity index is 2.15. The first-order valence-electron chi connectivity index (χ1n) is 8.23. The molecule has 0 aliphatic carbocycles. The van der Waals surface area contributed by atoms with Crippen molar-refractivity contribution in [1.82, 2.24) is 19.8 Å². The fourth-order valence-electron chi connectivity index (χ4n) is 2.56. The first-order valence-corrected chi connectivity index (χ1v) is 8.23. The molecule has 0 amide bonds. The van der Waals surface area contributed by atoms with Crippen molar-refractivity contribution in [2.75, 3.05) is 32.6 Å². The zero-order valence-corrected chi connectivity index (χ0v) is 15.3. The summed E-state index contributed by atoms with van der Waals surface area (Å²) >= 11 is 0. The van der Waals surface area contributed by atoms with Gasteiger partial charge in [0.25, 0.3) is 0 Å². The summed E-state index contributed by atoms with van der Waals surface area (Å²) in [6.07, 6.45) is 3.88. The van der Waals surface area contributed by atoms with Crippen molar-refractivity contribution in [1.29, 1.82) is 0 Å². The Morgan fingerprint density at radius 1 is 1.25 bits per heavy atom. The average Bonchev–Trinajstić information content (AvgIpc) is 2.96. The van der Waals surface area contributed by atoms with E-state index in [0.29, 0.717) is 6.54 Å². The van der Waals surface area contributed by atoms with Crippen molar-refractivity contribution < 1.29 is 0 Å². The second-order valence-corrected chi connectivity index (χ2v) is 6.02. The molecule has 0 atom stereocenters. The van der Waals surface area contributed by atoms with Gasteiger partial charge in [-0.2, -0.15) is 0 Å². The molecule has 0 bridgehead atoms. The van der Waals surface area contributed by atoms with Gasteiger partial charge in [0.2, 0.25) is 0 Å². The monoisotopic (exact) mass is 328 g/mol. The van der Waals surface area contributed by atoms with Gasteiger partial charge in [-0.3, -0.25) is 0 Å². The lowest BCUT2D eigenvalue weighted by Crippen LogP contribution is -2.38. The van der Waals surface area contributed by atoms with Gasteiger partial charge in [-0.25, -0.2) is 9.98 Å². The molecule has 0 aromatic carbocycles. The molecule has 2 aromatic rings. The molecule has 0 saturated carbocycles. The third-order valence-corrected chi connectivity index (χ3v) is 3.84. The maximum absolute atomic E-state index is 4.79. The molecule has 1 N–H and O–H groups in total. The number of guanidine groups is 1. The highest BCUT2D eigenvalue weighted by Gasteiger charge is 2.10. The number of nitrogens with one attached hydrogen (secondary N) is 1. The van der Waals surface area contributed by atoms with Gasteiger partial charge in [0, 0.05) is 58.4 Å². The van der Waals surface area contributed by atoms with E-state index in [2.05, 4.69) is 65.2 Å². The maximum Gasteiger partial charge on any atom is 0.194 e. The van der Waals surface area contributed by atoms with Gasteiger partial charge in [0.15, 0.2) is 5.96 Å². The van der Waals surface area contributed by atoms with Crippen LogP contribution >= 0.6 is 0 Å². The van der Waals surface area contributed by atoms with Crippen LogP contribution in [0.2, 0.25) is 0 Å². The van der Waals surface area contributed by atoms with E-state index in [1.807, 2.05) is 31.3 Å². The van der Waals surface area contributed by atoms with Crippen LogP contribution in [0.1, 0.15) is 18.2 Å². The highest BCUT2D eigenvalue weighted by Crippen LogP contribution is 2.15. The molecule has 6 nitrogen and oxygen atoms in total. The number of rotatable bonds is 6. The largest absolute Gasteiger partial charge is 0.362 e. The molecule has 0 saturated heterocycles. The van der Waals surface area contributed by atoms with Crippen LogP contribution in [0, 0.1) is 0 Å². The molecule has 24 heavy (non-hydrogen) atoms. The Bertz CT molecular complexity index is 674. The first-order chi connectivity index (χ1) is 11.5. The molecule has 6 heteroatoms. The van der Waals surface area contributed by atoms with Crippen molar-refractivity contribution in [2.24, 2.45) is 12.0 Å². The van der Waals surface area contributed by atoms with E-state index in [-0.39, 0.29) is 0 Å². The molecular weight excluding hydrogens is 300 g/mol. The second kappa shape index (κ2) is 8.38. The van der Waals surface area contributed by atoms with Crippen molar-refractivity contribution in [2.45, 2.75) is 20.0 Å². The lowest BCUT2D eigenvalue weighted by molar-refractivity contribution is 0.462. The SMILES string of the molecule is CCNC(=NCc1cccnc1N(C)C)N(C)Cc1cccn1C. The van der Waals surface area contributed by atoms with Crippen LogP contribution < -0.4 is 10.2 Å².